The molecular weight excluding hydrogens is 237 g/mol. The molecule has 0 aromatic heterocycles. The molecular formula is C17H20FN. The molecule has 0 amide bonds. The first-order valence-electron chi connectivity index (χ1n) is 6.59. The van der Waals surface area contributed by atoms with Gasteiger partial charge in [-0.1, -0.05) is 42.5 Å². The lowest BCUT2D eigenvalue weighted by atomic mass is 9.94. The highest BCUT2D eigenvalue weighted by molar-refractivity contribution is 5.18. The summed E-state index contributed by atoms with van der Waals surface area (Å²) in [5.74, 6) is -0.188. The van der Waals surface area contributed by atoms with Gasteiger partial charge in [-0.05, 0) is 43.5 Å². The van der Waals surface area contributed by atoms with Crippen molar-refractivity contribution in [2.24, 2.45) is 0 Å². The molecule has 19 heavy (non-hydrogen) atoms. The van der Waals surface area contributed by atoms with Crippen LogP contribution in [0.25, 0.3) is 0 Å². The highest BCUT2D eigenvalue weighted by atomic mass is 19.1. The van der Waals surface area contributed by atoms with Gasteiger partial charge in [-0.3, -0.25) is 0 Å². The summed E-state index contributed by atoms with van der Waals surface area (Å²) in [7, 11) is 0. The normalized spacial score (nSPS) is 11.5. The molecule has 2 rings (SSSR count). The third-order valence-electron chi connectivity index (χ3n) is 3.17. The van der Waals surface area contributed by atoms with Gasteiger partial charge >= 0.3 is 0 Å². The monoisotopic (exact) mass is 257 g/mol. The molecule has 0 saturated carbocycles. The fraction of sp³-hybridized carbons (Fsp3) is 0.294. The Hall–Kier alpha value is -1.67. The van der Waals surface area contributed by atoms with Gasteiger partial charge in [0, 0.05) is 12.1 Å². The van der Waals surface area contributed by atoms with Gasteiger partial charge in [-0.2, -0.15) is 0 Å². The predicted octanol–water partition coefficient (Wildman–Crippen LogP) is 3.94. The Bertz CT molecular complexity index is 503. The van der Waals surface area contributed by atoms with Gasteiger partial charge in [0.2, 0.25) is 0 Å². The van der Waals surface area contributed by atoms with E-state index in [9.17, 15) is 4.39 Å². The second kappa shape index (κ2) is 5.98. The van der Waals surface area contributed by atoms with Crippen LogP contribution in [0.3, 0.4) is 0 Å². The maximum Gasteiger partial charge on any atom is 0.123 e. The van der Waals surface area contributed by atoms with Crippen molar-refractivity contribution in [1.82, 2.24) is 5.32 Å². The number of halogens is 1. The third-order valence-corrected chi connectivity index (χ3v) is 3.17. The van der Waals surface area contributed by atoms with Crippen molar-refractivity contribution in [2.75, 3.05) is 0 Å². The molecule has 0 radical (unpaired) electrons. The molecule has 0 heterocycles. The van der Waals surface area contributed by atoms with E-state index in [1.807, 2.05) is 18.2 Å². The van der Waals surface area contributed by atoms with Crippen LogP contribution in [0.2, 0.25) is 0 Å². The summed E-state index contributed by atoms with van der Waals surface area (Å²) in [6, 6.07) is 17.1. The Labute approximate surface area is 114 Å². The van der Waals surface area contributed by atoms with Crippen LogP contribution in [-0.2, 0) is 13.0 Å². The van der Waals surface area contributed by atoms with Gasteiger partial charge in [0.1, 0.15) is 5.82 Å². The van der Waals surface area contributed by atoms with Crippen LogP contribution in [0.1, 0.15) is 25.0 Å². The summed E-state index contributed by atoms with van der Waals surface area (Å²) in [5, 5.41) is 3.52. The average Bonchev–Trinajstić information content (AvgIpc) is 2.39. The Morgan fingerprint density at radius 1 is 0.895 bits per heavy atom. The van der Waals surface area contributed by atoms with Crippen molar-refractivity contribution in [3.63, 3.8) is 0 Å². The van der Waals surface area contributed by atoms with Gasteiger partial charge in [-0.25, -0.2) is 4.39 Å². The van der Waals surface area contributed by atoms with Crippen LogP contribution in [0, 0.1) is 5.82 Å². The minimum absolute atomic E-state index is 0.00966. The maximum atomic E-state index is 12.8. The predicted molar refractivity (Wildman–Crippen MR) is 77.5 cm³/mol. The lowest BCUT2D eigenvalue weighted by Gasteiger charge is -2.26. The quantitative estimate of drug-likeness (QED) is 0.855. The molecule has 1 nitrogen and oxygen atoms in total. The number of hydrogen-bond acceptors (Lipinski definition) is 1. The van der Waals surface area contributed by atoms with Gasteiger partial charge < -0.3 is 5.32 Å². The van der Waals surface area contributed by atoms with E-state index in [0.717, 1.165) is 18.5 Å². The first-order valence-corrected chi connectivity index (χ1v) is 6.59. The van der Waals surface area contributed by atoms with E-state index in [1.54, 1.807) is 0 Å². The maximum absolute atomic E-state index is 12.8. The molecule has 0 fully saturated rings. The van der Waals surface area contributed by atoms with Crippen LogP contribution >= 0.6 is 0 Å². The number of rotatable bonds is 5. The van der Waals surface area contributed by atoms with Crippen LogP contribution in [0.4, 0.5) is 4.39 Å². The minimum atomic E-state index is -0.188. The molecule has 2 aromatic rings. The SMILES string of the molecule is CC(C)(Cc1ccccc1)NCc1ccc(F)cc1. The van der Waals surface area contributed by atoms with Crippen molar-refractivity contribution >= 4 is 0 Å². The molecule has 0 atom stereocenters. The van der Waals surface area contributed by atoms with Crippen molar-refractivity contribution in [3.05, 3.63) is 71.5 Å². The van der Waals surface area contributed by atoms with Gasteiger partial charge in [-0.15, -0.1) is 0 Å². The standard InChI is InChI=1S/C17H20FN/c1-17(2,12-14-6-4-3-5-7-14)19-13-15-8-10-16(18)11-9-15/h3-11,19H,12-13H2,1-2H3. The van der Waals surface area contributed by atoms with E-state index in [1.165, 1.54) is 17.7 Å². The van der Waals surface area contributed by atoms with Crippen LogP contribution in [-0.4, -0.2) is 5.54 Å². The summed E-state index contributed by atoms with van der Waals surface area (Å²) in [6.45, 7) is 5.12. The summed E-state index contributed by atoms with van der Waals surface area (Å²) in [4.78, 5) is 0. The highest BCUT2D eigenvalue weighted by Crippen LogP contribution is 2.13. The molecule has 0 saturated heterocycles. The van der Waals surface area contributed by atoms with E-state index >= 15 is 0 Å². The minimum Gasteiger partial charge on any atom is -0.307 e. The highest BCUT2D eigenvalue weighted by Gasteiger charge is 2.17. The smallest absolute Gasteiger partial charge is 0.123 e. The molecule has 0 spiro atoms. The van der Waals surface area contributed by atoms with Crippen LogP contribution in [0.5, 0.6) is 0 Å². The van der Waals surface area contributed by atoms with Crippen molar-refractivity contribution in [2.45, 2.75) is 32.4 Å². The van der Waals surface area contributed by atoms with Crippen molar-refractivity contribution in [1.29, 1.82) is 0 Å². The lowest BCUT2D eigenvalue weighted by molar-refractivity contribution is 0.384. The van der Waals surface area contributed by atoms with E-state index in [0.29, 0.717) is 0 Å². The van der Waals surface area contributed by atoms with Crippen molar-refractivity contribution < 1.29 is 4.39 Å². The molecule has 0 aliphatic heterocycles. The second-order valence-electron chi connectivity index (χ2n) is 5.53. The van der Waals surface area contributed by atoms with Crippen LogP contribution < -0.4 is 5.32 Å². The fourth-order valence-corrected chi connectivity index (χ4v) is 2.11. The average molecular weight is 257 g/mol. The summed E-state index contributed by atoms with van der Waals surface area (Å²) >= 11 is 0. The molecule has 0 bridgehead atoms. The Kier molecular flexibility index (Phi) is 4.33. The van der Waals surface area contributed by atoms with Gasteiger partial charge in [0.15, 0.2) is 0 Å². The Balaban J connectivity index is 1.92. The van der Waals surface area contributed by atoms with E-state index in [4.69, 9.17) is 0 Å². The van der Waals surface area contributed by atoms with E-state index in [2.05, 4.69) is 43.4 Å². The summed E-state index contributed by atoms with van der Waals surface area (Å²) < 4.78 is 12.8. The van der Waals surface area contributed by atoms with Gasteiger partial charge in [0.25, 0.3) is 0 Å². The van der Waals surface area contributed by atoms with E-state index in [-0.39, 0.29) is 11.4 Å². The zero-order valence-electron chi connectivity index (χ0n) is 11.5. The number of benzene rings is 2. The molecule has 0 aliphatic rings. The molecule has 2 heteroatoms. The third kappa shape index (κ3) is 4.49. The van der Waals surface area contributed by atoms with Crippen molar-refractivity contribution in [3.8, 4) is 0 Å². The summed E-state index contributed by atoms with van der Waals surface area (Å²) in [5.41, 5.74) is 2.43. The van der Waals surface area contributed by atoms with Gasteiger partial charge in [0.05, 0.1) is 0 Å². The Morgan fingerprint density at radius 2 is 1.53 bits per heavy atom. The fourth-order valence-electron chi connectivity index (χ4n) is 2.11. The molecule has 0 unspecified atom stereocenters. The first-order chi connectivity index (χ1) is 9.05. The Morgan fingerprint density at radius 3 is 2.16 bits per heavy atom. The number of hydrogen-bond donors (Lipinski definition) is 1. The molecule has 2 aromatic carbocycles. The molecule has 0 aliphatic carbocycles. The topological polar surface area (TPSA) is 12.0 Å². The first kappa shape index (κ1) is 13.8. The van der Waals surface area contributed by atoms with E-state index < -0.39 is 0 Å². The molecule has 1 N–H and O–H groups in total. The zero-order valence-corrected chi connectivity index (χ0v) is 11.5. The zero-order chi connectivity index (χ0) is 13.7. The summed E-state index contributed by atoms with van der Waals surface area (Å²) in [6.07, 6.45) is 0.967. The molecule has 100 valence electrons. The lowest BCUT2D eigenvalue weighted by Crippen LogP contribution is -2.40. The number of nitrogens with one attached hydrogen (secondary N) is 1. The largest absolute Gasteiger partial charge is 0.307 e. The second-order valence-corrected chi connectivity index (χ2v) is 5.53. The van der Waals surface area contributed by atoms with Crippen LogP contribution in [0.15, 0.2) is 54.6 Å².